The molecule has 0 aromatic carbocycles. The van der Waals surface area contributed by atoms with Crippen molar-refractivity contribution in [1.29, 1.82) is 0 Å². The molecule has 0 saturated heterocycles. The second kappa shape index (κ2) is 6.55. The van der Waals surface area contributed by atoms with Gasteiger partial charge in [0.2, 0.25) is 0 Å². The van der Waals surface area contributed by atoms with Crippen LogP contribution in [0.1, 0.15) is 24.4 Å². The zero-order valence-corrected chi connectivity index (χ0v) is 9.19. The third kappa shape index (κ3) is 3.99. The van der Waals surface area contributed by atoms with E-state index in [2.05, 4.69) is 10.4 Å². The number of aliphatic hydroxyl groups is 1. The van der Waals surface area contributed by atoms with Gasteiger partial charge in [0.05, 0.1) is 6.20 Å². The summed E-state index contributed by atoms with van der Waals surface area (Å²) in [5.41, 5.74) is 6.79. The summed E-state index contributed by atoms with van der Waals surface area (Å²) in [6, 6.07) is 0.164. The van der Waals surface area contributed by atoms with Crippen molar-refractivity contribution >= 4 is 0 Å². The molecular formula is C10H20N4O. The first-order chi connectivity index (χ1) is 7.27. The van der Waals surface area contributed by atoms with Crippen LogP contribution in [0.3, 0.4) is 0 Å². The summed E-state index contributed by atoms with van der Waals surface area (Å²) in [6.07, 6.45) is 5.59. The van der Waals surface area contributed by atoms with Gasteiger partial charge in [-0.1, -0.05) is 0 Å². The molecule has 1 aromatic heterocycles. The monoisotopic (exact) mass is 212 g/mol. The van der Waals surface area contributed by atoms with Crippen LogP contribution in [-0.2, 0) is 7.05 Å². The van der Waals surface area contributed by atoms with Gasteiger partial charge in [0.1, 0.15) is 0 Å². The molecule has 0 aliphatic heterocycles. The highest BCUT2D eigenvalue weighted by atomic mass is 16.2. The Kier molecular flexibility index (Phi) is 5.31. The molecule has 1 atom stereocenters. The molecule has 0 radical (unpaired) electrons. The van der Waals surface area contributed by atoms with Crippen molar-refractivity contribution < 1.29 is 5.11 Å². The molecular weight excluding hydrogens is 192 g/mol. The number of nitrogens with zero attached hydrogens (tertiary/aromatic N) is 2. The van der Waals surface area contributed by atoms with Gasteiger partial charge < -0.3 is 16.2 Å². The number of aryl methyl sites for hydroxylation is 1. The molecule has 1 unspecified atom stereocenters. The van der Waals surface area contributed by atoms with Crippen molar-refractivity contribution in [2.75, 3.05) is 19.7 Å². The topological polar surface area (TPSA) is 76.1 Å². The molecule has 0 spiro atoms. The van der Waals surface area contributed by atoms with Gasteiger partial charge in [-0.05, 0) is 19.4 Å². The Balaban J connectivity index is 2.35. The van der Waals surface area contributed by atoms with Crippen molar-refractivity contribution in [3.63, 3.8) is 0 Å². The standard InChI is InChI=1S/C10H20N4O/c1-14-8-9(7-13-14)10(6-11)12-4-2-3-5-15/h7-8,10,12,15H,2-6,11H2,1H3. The maximum atomic E-state index is 8.64. The van der Waals surface area contributed by atoms with Crippen LogP contribution < -0.4 is 11.1 Å². The summed E-state index contributed by atoms with van der Waals surface area (Å²) < 4.78 is 1.77. The van der Waals surface area contributed by atoms with Crippen LogP contribution in [-0.4, -0.2) is 34.6 Å². The summed E-state index contributed by atoms with van der Waals surface area (Å²) in [5, 5.41) is 16.1. The summed E-state index contributed by atoms with van der Waals surface area (Å²) in [7, 11) is 1.89. The predicted molar refractivity (Wildman–Crippen MR) is 59.3 cm³/mol. The largest absolute Gasteiger partial charge is 0.396 e. The van der Waals surface area contributed by atoms with Crippen LogP contribution in [0.25, 0.3) is 0 Å². The minimum absolute atomic E-state index is 0.164. The Labute approximate surface area is 90.3 Å². The van der Waals surface area contributed by atoms with Gasteiger partial charge in [0, 0.05) is 38.0 Å². The Hall–Kier alpha value is -0.910. The van der Waals surface area contributed by atoms with Gasteiger partial charge in [-0.15, -0.1) is 0 Å². The van der Waals surface area contributed by atoms with Gasteiger partial charge in [-0.25, -0.2) is 0 Å². The molecule has 0 bridgehead atoms. The highest BCUT2D eigenvalue weighted by Gasteiger charge is 2.09. The molecule has 1 heterocycles. The molecule has 5 nitrogen and oxygen atoms in total. The SMILES string of the molecule is Cn1cc(C(CN)NCCCCO)cn1. The Morgan fingerprint density at radius 2 is 2.40 bits per heavy atom. The average Bonchev–Trinajstić information content (AvgIpc) is 2.65. The zero-order valence-electron chi connectivity index (χ0n) is 9.19. The van der Waals surface area contributed by atoms with E-state index in [1.54, 1.807) is 4.68 Å². The normalized spacial score (nSPS) is 13.0. The summed E-state index contributed by atoms with van der Waals surface area (Å²) >= 11 is 0. The predicted octanol–water partition coefficient (Wildman–Crippen LogP) is -0.218. The number of unbranched alkanes of at least 4 members (excludes halogenated alkanes) is 1. The third-order valence-corrected chi connectivity index (χ3v) is 2.34. The first-order valence-electron chi connectivity index (χ1n) is 5.30. The number of rotatable bonds is 7. The Morgan fingerprint density at radius 1 is 1.60 bits per heavy atom. The molecule has 4 N–H and O–H groups in total. The Morgan fingerprint density at radius 3 is 2.93 bits per heavy atom. The van der Waals surface area contributed by atoms with E-state index in [0.29, 0.717) is 6.54 Å². The fraction of sp³-hybridized carbons (Fsp3) is 0.700. The number of nitrogens with one attached hydrogen (secondary N) is 1. The number of nitrogens with two attached hydrogens (primary N) is 1. The van der Waals surface area contributed by atoms with Crippen molar-refractivity contribution in [1.82, 2.24) is 15.1 Å². The highest BCUT2D eigenvalue weighted by molar-refractivity contribution is 5.10. The number of aromatic nitrogens is 2. The average molecular weight is 212 g/mol. The highest BCUT2D eigenvalue weighted by Crippen LogP contribution is 2.09. The van der Waals surface area contributed by atoms with Crippen molar-refractivity contribution in [3.8, 4) is 0 Å². The minimum Gasteiger partial charge on any atom is -0.396 e. The minimum atomic E-state index is 0.164. The van der Waals surface area contributed by atoms with Crippen LogP contribution in [0.4, 0.5) is 0 Å². The van der Waals surface area contributed by atoms with Crippen LogP contribution in [0.2, 0.25) is 0 Å². The summed E-state index contributed by atoms with van der Waals surface area (Å²) in [4.78, 5) is 0. The molecule has 0 fully saturated rings. The molecule has 15 heavy (non-hydrogen) atoms. The molecule has 0 aliphatic rings. The van der Waals surface area contributed by atoms with E-state index in [1.807, 2.05) is 19.4 Å². The van der Waals surface area contributed by atoms with Crippen molar-refractivity contribution in [2.24, 2.45) is 12.8 Å². The fourth-order valence-electron chi connectivity index (χ4n) is 1.47. The summed E-state index contributed by atoms with van der Waals surface area (Å²) in [6.45, 7) is 1.68. The van der Waals surface area contributed by atoms with Gasteiger partial charge in [-0.3, -0.25) is 4.68 Å². The molecule has 0 amide bonds. The maximum Gasteiger partial charge on any atom is 0.0538 e. The van der Waals surface area contributed by atoms with Crippen LogP contribution in [0.15, 0.2) is 12.4 Å². The van der Waals surface area contributed by atoms with E-state index in [4.69, 9.17) is 10.8 Å². The van der Waals surface area contributed by atoms with Crippen LogP contribution >= 0.6 is 0 Å². The lowest BCUT2D eigenvalue weighted by Gasteiger charge is -2.14. The molecule has 0 saturated carbocycles. The van der Waals surface area contributed by atoms with Crippen LogP contribution in [0, 0.1) is 0 Å². The van der Waals surface area contributed by atoms with E-state index in [-0.39, 0.29) is 12.6 Å². The molecule has 1 rings (SSSR count). The van der Waals surface area contributed by atoms with Crippen molar-refractivity contribution in [3.05, 3.63) is 18.0 Å². The maximum absolute atomic E-state index is 8.64. The molecule has 1 aromatic rings. The van der Waals surface area contributed by atoms with E-state index in [0.717, 1.165) is 24.9 Å². The number of hydrogen-bond donors (Lipinski definition) is 3. The number of hydrogen-bond acceptors (Lipinski definition) is 4. The molecule has 0 aliphatic carbocycles. The Bertz CT molecular complexity index is 274. The second-order valence-electron chi connectivity index (χ2n) is 3.62. The third-order valence-electron chi connectivity index (χ3n) is 2.34. The smallest absolute Gasteiger partial charge is 0.0538 e. The fourth-order valence-corrected chi connectivity index (χ4v) is 1.47. The van der Waals surface area contributed by atoms with E-state index in [9.17, 15) is 0 Å². The van der Waals surface area contributed by atoms with Gasteiger partial charge >= 0.3 is 0 Å². The second-order valence-corrected chi connectivity index (χ2v) is 3.62. The van der Waals surface area contributed by atoms with Gasteiger partial charge in [-0.2, -0.15) is 5.10 Å². The quantitative estimate of drug-likeness (QED) is 0.546. The first-order valence-corrected chi connectivity index (χ1v) is 5.30. The van der Waals surface area contributed by atoms with E-state index in [1.165, 1.54) is 0 Å². The lowest BCUT2D eigenvalue weighted by atomic mass is 10.1. The lowest BCUT2D eigenvalue weighted by Crippen LogP contribution is -2.28. The number of aliphatic hydroxyl groups excluding tert-OH is 1. The first kappa shape index (κ1) is 12.2. The van der Waals surface area contributed by atoms with Crippen LogP contribution in [0.5, 0.6) is 0 Å². The lowest BCUT2D eigenvalue weighted by molar-refractivity contribution is 0.282. The molecule has 5 heteroatoms. The van der Waals surface area contributed by atoms with E-state index >= 15 is 0 Å². The van der Waals surface area contributed by atoms with Gasteiger partial charge in [0.25, 0.3) is 0 Å². The molecule has 86 valence electrons. The summed E-state index contributed by atoms with van der Waals surface area (Å²) in [5.74, 6) is 0. The zero-order chi connectivity index (χ0) is 11.1. The van der Waals surface area contributed by atoms with Crippen molar-refractivity contribution in [2.45, 2.75) is 18.9 Å². The van der Waals surface area contributed by atoms with E-state index < -0.39 is 0 Å². The van der Waals surface area contributed by atoms with Gasteiger partial charge in [0.15, 0.2) is 0 Å².